The first-order valence-electron chi connectivity index (χ1n) is 8.73. The normalized spacial score (nSPS) is 15.8. The zero-order chi connectivity index (χ0) is 19.4. The number of aliphatic hydroxyl groups excluding tert-OH is 1. The lowest BCUT2D eigenvalue weighted by Crippen LogP contribution is -2.23. The van der Waals surface area contributed by atoms with Gasteiger partial charge in [0.1, 0.15) is 11.5 Å². The van der Waals surface area contributed by atoms with Gasteiger partial charge in [0.25, 0.3) is 0 Å². The van der Waals surface area contributed by atoms with E-state index in [1.165, 1.54) is 0 Å². The molecule has 0 unspecified atom stereocenters. The molecule has 1 aliphatic rings. The largest absolute Gasteiger partial charge is 0.505 e. The quantitative estimate of drug-likeness (QED) is 0.472. The highest BCUT2D eigenvalue weighted by molar-refractivity contribution is 6.24. The summed E-state index contributed by atoms with van der Waals surface area (Å²) in [5.41, 5.74) is 15.1. The van der Waals surface area contributed by atoms with Crippen LogP contribution in [0.5, 0.6) is 0 Å². The maximum absolute atomic E-state index is 12.8. The molecule has 0 saturated heterocycles. The molecule has 6 heteroatoms. The molecule has 0 fully saturated rings. The van der Waals surface area contributed by atoms with Gasteiger partial charge in [-0.2, -0.15) is 0 Å². The summed E-state index contributed by atoms with van der Waals surface area (Å²) in [7, 11) is 0. The van der Waals surface area contributed by atoms with Crippen molar-refractivity contribution in [3.63, 3.8) is 0 Å². The minimum Gasteiger partial charge on any atom is -0.505 e. The van der Waals surface area contributed by atoms with Crippen molar-refractivity contribution in [2.24, 2.45) is 4.99 Å². The molecule has 0 aromatic heterocycles. The molecule has 0 bridgehead atoms. The Hall–Kier alpha value is -3.54. The molecule has 138 valence electrons. The molecule has 2 aromatic carbocycles. The number of nitrogens with two attached hydrogens (primary N) is 2. The summed E-state index contributed by atoms with van der Waals surface area (Å²) in [4.78, 5) is 17.3. The lowest BCUT2D eigenvalue weighted by molar-refractivity contribution is -0.112. The fourth-order valence-corrected chi connectivity index (χ4v) is 2.77. The number of anilines is 3. The van der Waals surface area contributed by atoms with Crippen LogP contribution in [-0.2, 0) is 4.79 Å². The van der Waals surface area contributed by atoms with E-state index in [0.717, 1.165) is 12.1 Å². The summed E-state index contributed by atoms with van der Waals surface area (Å²) in [5, 5.41) is 13.7. The molecule has 0 heterocycles. The average Bonchev–Trinajstić information content (AvgIpc) is 2.66. The van der Waals surface area contributed by atoms with E-state index in [1.54, 1.807) is 54.6 Å². The standard InChI is InChI=1S/C21H22N4O2/c1-2-3-17-20(26)18(24-15-8-4-13(22)5-9-15)12-19(21(17)27)25-16-10-6-14(23)7-11-16/h4-12,24,27H,2-3,22-23H2,1H3/b25-19-. The molecule has 3 rings (SSSR count). The van der Waals surface area contributed by atoms with Gasteiger partial charge < -0.3 is 21.9 Å². The molecule has 0 atom stereocenters. The van der Waals surface area contributed by atoms with E-state index < -0.39 is 0 Å². The third kappa shape index (κ3) is 4.17. The highest BCUT2D eigenvalue weighted by Crippen LogP contribution is 2.26. The van der Waals surface area contributed by atoms with E-state index in [-0.39, 0.29) is 11.5 Å². The zero-order valence-electron chi connectivity index (χ0n) is 15.1. The summed E-state index contributed by atoms with van der Waals surface area (Å²) in [6, 6.07) is 14.1. The van der Waals surface area contributed by atoms with Crippen LogP contribution in [0.2, 0.25) is 0 Å². The number of nitrogen functional groups attached to an aromatic ring is 2. The molecule has 2 aromatic rings. The molecular formula is C21H22N4O2. The van der Waals surface area contributed by atoms with Crippen LogP contribution >= 0.6 is 0 Å². The first kappa shape index (κ1) is 18.3. The second kappa shape index (κ2) is 7.78. The second-order valence-corrected chi connectivity index (χ2v) is 6.30. The van der Waals surface area contributed by atoms with Crippen molar-refractivity contribution in [3.05, 3.63) is 71.6 Å². The summed E-state index contributed by atoms with van der Waals surface area (Å²) in [6.45, 7) is 1.95. The van der Waals surface area contributed by atoms with Crippen LogP contribution in [0.4, 0.5) is 22.7 Å². The number of hydrogen-bond acceptors (Lipinski definition) is 6. The van der Waals surface area contributed by atoms with Crippen molar-refractivity contribution in [3.8, 4) is 0 Å². The zero-order valence-corrected chi connectivity index (χ0v) is 15.1. The van der Waals surface area contributed by atoms with Crippen molar-refractivity contribution in [1.29, 1.82) is 0 Å². The summed E-state index contributed by atoms with van der Waals surface area (Å²) in [5.74, 6) is -0.316. The van der Waals surface area contributed by atoms with Crippen LogP contribution in [0, 0.1) is 0 Å². The number of hydrogen-bond donors (Lipinski definition) is 4. The first-order valence-corrected chi connectivity index (χ1v) is 8.73. The fourth-order valence-electron chi connectivity index (χ4n) is 2.77. The predicted molar refractivity (Wildman–Crippen MR) is 110 cm³/mol. The number of carbonyl (C=O) groups excluding carboxylic acids is 1. The molecule has 27 heavy (non-hydrogen) atoms. The Morgan fingerprint density at radius 3 is 2.19 bits per heavy atom. The number of nitrogens with zero attached hydrogens (tertiary/aromatic N) is 1. The molecule has 0 aliphatic heterocycles. The van der Waals surface area contributed by atoms with Crippen LogP contribution in [0.15, 0.2) is 76.6 Å². The molecule has 6 N–H and O–H groups in total. The molecule has 0 amide bonds. The highest BCUT2D eigenvalue weighted by atomic mass is 16.3. The Morgan fingerprint density at radius 2 is 1.59 bits per heavy atom. The third-order valence-corrected chi connectivity index (χ3v) is 4.16. The van der Waals surface area contributed by atoms with E-state index >= 15 is 0 Å². The third-order valence-electron chi connectivity index (χ3n) is 4.16. The van der Waals surface area contributed by atoms with Crippen molar-refractivity contribution in [1.82, 2.24) is 0 Å². The van der Waals surface area contributed by atoms with Crippen LogP contribution in [0.25, 0.3) is 0 Å². The number of benzene rings is 2. The summed E-state index contributed by atoms with van der Waals surface area (Å²) >= 11 is 0. The van der Waals surface area contributed by atoms with Gasteiger partial charge >= 0.3 is 0 Å². The van der Waals surface area contributed by atoms with Gasteiger partial charge in [-0.15, -0.1) is 0 Å². The maximum atomic E-state index is 12.8. The number of ketones is 1. The molecule has 1 aliphatic carbocycles. The monoisotopic (exact) mass is 362 g/mol. The number of aliphatic hydroxyl groups is 1. The molecule has 6 nitrogen and oxygen atoms in total. The Morgan fingerprint density at radius 1 is 1.00 bits per heavy atom. The number of nitrogens with one attached hydrogen (secondary N) is 1. The van der Waals surface area contributed by atoms with Crippen LogP contribution in [0.1, 0.15) is 19.8 Å². The van der Waals surface area contributed by atoms with Gasteiger partial charge in [0.2, 0.25) is 5.78 Å². The maximum Gasteiger partial charge on any atom is 0.209 e. The average molecular weight is 362 g/mol. The molecule has 0 radical (unpaired) electrons. The van der Waals surface area contributed by atoms with Gasteiger partial charge in [0, 0.05) is 22.6 Å². The highest BCUT2D eigenvalue weighted by Gasteiger charge is 2.26. The van der Waals surface area contributed by atoms with Gasteiger partial charge in [-0.25, -0.2) is 4.99 Å². The number of allylic oxidation sites excluding steroid dienone is 2. The summed E-state index contributed by atoms with van der Waals surface area (Å²) < 4.78 is 0. The Balaban J connectivity index is 2.00. The lowest BCUT2D eigenvalue weighted by atomic mass is 9.94. The van der Waals surface area contributed by atoms with Crippen molar-refractivity contribution < 1.29 is 9.90 Å². The molecule has 0 spiro atoms. The van der Waals surface area contributed by atoms with Gasteiger partial charge in [-0.1, -0.05) is 13.3 Å². The van der Waals surface area contributed by atoms with E-state index in [9.17, 15) is 9.90 Å². The van der Waals surface area contributed by atoms with Crippen molar-refractivity contribution >= 4 is 34.2 Å². The van der Waals surface area contributed by atoms with Crippen molar-refractivity contribution in [2.45, 2.75) is 19.8 Å². The van der Waals surface area contributed by atoms with Gasteiger partial charge in [0.15, 0.2) is 0 Å². The Bertz CT molecular complexity index is 939. The van der Waals surface area contributed by atoms with E-state index in [4.69, 9.17) is 11.5 Å². The number of Topliss-reactive ketones (excluding diaryl/α,β-unsaturated/α-hetero) is 1. The van der Waals surface area contributed by atoms with Gasteiger partial charge in [-0.3, -0.25) is 4.79 Å². The number of rotatable bonds is 5. The smallest absolute Gasteiger partial charge is 0.209 e. The number of aliphatic imine (C=N–C) groups is 1. The fraction of sp³-hybridized carbons (Fsp3) is 0.143. The number of carbonyl (C=O) groups is 1. The minimum absolute atomic E-state index is 0.0819. The topological polar surface area (TPSA) is 114 Å². The minimum atomic E-state index is -0.234. The predicted octanol–water partition coefficient (Wildman–Crippen LogP) is 4.11. The Kier molecular flexibility index (Phi) is 5.26. The van der Waals surface area contributed by atoms with Gasteiger partial charge in [0.05, 0.1) is 11.4 Å². The SMILES string of the molecule is CCCC1=C(O)/C(=N\c2ccc(N)cc2)C=C(Nc2ccc(N)cc2)C1=O. The molecular weight excluding hydrogens is 340 g/mol. The van der Waals surface area contributed by atoms with Gasteiger partial charge in [-0.05, 0) is 61.0 Å². The van der Waals surface area contributed by atoms with Crippen LogP contribution in [0.3, 0.4) is 0 Å². The summed E-state index contributed by atoms with van der Waals surface area (Å²) in [6.07, 6.45) is 2.76. The van der Waals surface area contributed by atoms with E-state index in [0.29, 0.717) is 40.5 Å². The van der Waals surface area contributed by atoms with Crippen LogP contribution < -0.4 is 16.8 Å². The van der Waals surface area contributed by atoms with E-state index in [2.05, 4.69) is 10.3 Å². The van der Waals surface area contributed by atoms with E-state index in [1.807, 2.05) is 6.92 Å². The second-order valence-electron chi connectivity index (χ2n) is 6.30. The Labute approximate surface area is 157 Å². The molecule has 0 saturated carbocycles. The first-order chi connectivity index (χ1) is 13.0. The van der Waals surface area contributed by atoms with Crippen LogP contribution in [-0.4, -0.2) is 16.6 Å². The van der Waals surface area contributed by atoms with Crippen molar-refractivity contribution in [2.75, 3.05) is 16.8 Å². The lowest BCUT2D eigenvalue weighted by Gasteiger charge is -2.19.